The van der Waals surface area contributed by atoms with Gasteiger partial charge in [0.25, 0.3) is 0 Å². The van der Waals surface area contributed by atoms with Crippen LogP contribution in [0.25, 0.3) is 0 Å². The first-order valence-corrected chi connectivity index (χ1v) is 7.72. The second-order valence-electron chi connectivity index (χ2n) is 5.62. The van der Waals surface area contributed by atoms with Crippen LogP contribution in [0.1, 0.15) is 44.5 Å². The van der Waals surface area contributed by atoms with Crippen molar-refractivity contribution >= 4 is 0 Å². The number of aryl methyl sites for hydroxylation is 2. The Hall–Kier alpha value is -0.870. The van der Waals surface area contributed by atoms with Crippen molar-refractivity contribution < 1.29 is 0 Å². The molecule has 0 radical (unpaired) electrons. The van der Waals surface area contributed by atoms with Crippen LogP contribution in [0.3, 0.4) is 0 Å². The smallest absolute Gasteiger partial charge is 0.0597 e. The number of hydrogen-bond donors (Lipinski definition) is 1. The van der Waals surface area contributed by atoms with Gasteiger partial charge >= 0.3 is 0 Å². The van der Waals surface area contributed by atoms with Gasteiger partial charge in [0, 0.05) is 25.7 Å². The van der Waals surface area contributed by atoms with Gasteiger partial charge in [-0.05, 0) is 52.3 Å². The maximum Gasteiger partial charge on any atom is 0.0597 e. The van der Waals surface area contributed by atoms with E-state index in [2.05, 4.69) is 46.8 Å². The molecule has 0 bridgehead atoms. The van der Waals surface area contributed by atoms with Gasteiger partial charge in [0.05, 0.1) is 11.4 Å². The third-order valence-electron chi connectivity index (χ3n) is 3.86. The molecule has 1 aliphatic heterocycles. The molecule has 1 unspecified atom stereocenters. The van der Waals surface area contributed by atoms with Gasteiger partial charge in [-0.1, -0.05) is 6.92 Å². The predicted octanol–water partition coefficient (Wildman–Crippen LogP) is 2.18. The lowest BCUT2D eigenvalue weighted by atomic mass is 10.1. The average molecular weight is 264 g/mol. The number of aromatic nitrogens is 2. The Balaban J connectivity index is 1.90. The highest BCUT2D eigenvalue weighted by molar-refractivity contribution is 5.09. The van der Waals surface area contributed by atoms with E-state index < -0.39 is 0 Å². The maximum absolute atomic E-state index is 4.54. The second kappa shape index (κ2) is 7.06. The maximum atomic E-state index is 4.54. The van der Waals surface area contributed by atoms with E-state index in [1.165, 1.54) is 38.0 Å². The van der Waals surface area contributed by atoms with Crippen molar-refractivity contribution in [2.24, 2.45) is 0 Å². The summed E-state index contributed by atoms with van der Waals surface area (Å²) in [5, 5.41) is 8.19. The van der Waals surface area contributed by atoms with E-state index in [1.807, 2.05) is 0 Å². The van der Waals surface area contributed by atoms with Crippen molar-refractivity contribution in [2.45, 2.75) is 59.2 Å². The van der Waals surface area contributed by atoms with Crippen LogP contribution in [0.2, 0.25) is 0 Å². The molecule has 1 saturated heterocycles. The molecule has 2 heterocycles. The van der Waals surface area contributed by atoms with Crippen molar-refractivity contribution in [3.05, 3.63) is 17.5 Å². The van der Waals surface area contributed by atoms with Crippen LogP contribution < -0.4 is 5.32 Å². The largest absolute Gasteiger partial charge is 0.313 e. The quantitative estimate of drug-likeness (QED) is 0.855. The van der Waals surface area contributed by atoms with Crippen LogP contribution in [-0.4, -0.2) is 40.4 Å². The summed E-state index contributed by atoms with van der Waals surface area (Å²) in [5.74, 6) is 0. The molecule has 19 heavy (non-hydrogen) atoms. The van der Waals surface area contributed by atoms with Crippen LogP contribution in [-0.2, 0) is 13.1 Å². The Morgan fingerprint density at radius 3 is 3.00 bits per heavy atom. The van der Waals surface area contributed by atoms with E-state index in [9.17, 15) is 0 Å². The number of rotatable bonds is 6. The van der Waals surface area contributed by atoms with Crippen LogP contribution in [0.4, 0.5) is 0 Å². The molecule has 1 aromatic rings. The summed E-state index contributed by atoms with van der Waals surface area (Å²) in [7, 11) is 0. The van der Waals surface area contributed by atoms with E-state index in [-0.39, 0.29) is 0 Å². The molecule has 0 aliphatic carbocycles. The molecule has 1 fully saturated rings. The highest BCUT2D eigenvalue weighted by Gasteiger charge is 2.20. The topological polar surface area (TPSA) is 33.1 Å². The lowest BCUT2D eigenvalue weighted by molar-refractivity contribution is 0.179. The van der Waals surface area contributed by atoms with Gasteiger partial charge in [0.1, 0.15) is 0 Å². The molecule has 2 rings (SSSR count). The van der Waals surface area contributed by atoms with Crippen LogP contribution >= 0.6 is 0 Å². The Kier molecular flexibility index (Phi) is 5.40. The molecule has 108 valence electrons. The van der Waals surface area contributed by atoms with Crippen molar-refractivity contribution in [2.75, 3.05) is 19.6 Å². The summed E-state index contributed by atoms with van der Waals surface area (Å²) in [4.78, 5) is 2.57. The number of nitrogens with zero attached hydrogens (tertiary/aromatic N) is 3. The minimum atomic E-state index is 0.674. The third kappa shape index (κ3) is 4.05. The molecule has 0 saturated carbocycles. The van der Waals surface area contributed by atoms with Gasteiger partial charge in [-0.3, -0.25) is 9.58 Å². The summed E-state index contributed by atoms with van der Waals surface area (Å²) < 4.78 is 2.14. The van der Waals surface area contributed by atoms with Crippen LogP contribution in [0, 0.1) is 6.92 Å². The molecule has 1 aromatic heterocycles. The summed E-state index contributed by atoms with van der Waals surface area (Å²) in [6.07, 6.45) is 3.85. The SMILES string of the molecule is CCCNC1CCCN(Cc2cc(C)nn2CC)C1. The standard InChI is InChI=1S/C15H28N4/c1-4-8-16-14-7-6-9-18(11-14)12-15-10-13(3)17-19(15)5-2/h10,14,16H,4-9,11-12H2,1-3H3. The first-order valence-electron chi connectivity index (χ1n) is 7.72. The number of nitrogens with one attached hydrogen (secondary N) is 1. The first-order chi connectivity index (χ1) is 9.22. The van der Waals surface area contributed by atoms with Crippen molar-refractivity contribution in [1.29, 1.82) is 0 Å². The third-order valence-corrected chi connectivity index (χ3v) is 3.86. The van der Waals surface area contributed by atoms with Crippen molar-refractivity contribution in [1.82, 2.24) is 20.0 Å². The fraction of sp³-hybridized carbons (Fsp3) is 0.800. The second-order valence-corrected chi connectivity index (χ2v) is 5.62. The molecule has 0 spiro atoms. The molecule has 1 N–H and O–H groups in total. The van der Waals surface area contributed by atoms with E-state index in [0.29, 0.717) is 6.04 Å². The lowest BCUT2D eigenvalue weighted by Gasteiger charge is -2.33. The lowest BCUT2D eigenvalue weighted by Crippen LogP contribution is -2.45. The molecule has 4 nitrogen and oxygen atoms in total. The minimum absolute atomic E-state index is 0.674. The number of piperidine rings is 1. The van der Waals surface area contributed by atoms with Crippen molar-refractivity contribution in [3.8, 4) is 0 Å². The summed E-state index contributed by atoms with van der Waals surface area (Å²) >= 11 is 0. The monoisotopic (exact) mass is 264 g/mol. The van der Waals surface area contributed by atoms with E-state index in [4.69, 9.17) is 0 Å². The Morgan fingerprint density at radius 2 is 2.26 bits per heavy atom. The number of likely N-dealkylation sites (tertiary alicyclic amines) is 1. The molecular weight excluding hydrogens is 236 g/mol. The fourth-order valence-electron chi connectivity index (χ4n) is 2.94. The zero-order chi connectivity index (χ0) is 13.7. The highest BCUT2D eigenvalue weighted by atomic mass is 15.3. The summed E-state index contributed by atoms with van der Waals surface area (Å²) in [5.41, 5.74) is 2.49. The Labute approximate surface area is 117 Å². The molecule has 0 amide bonds. The zero-order valence-electron chi connectivity index (χ0n) is 12.7. The van der Waals surface area contributed by atoms with Gasteiger partial charge in [-0.25, -0.2) is 0 Å². The van der Waals surface area contributed by atoms with Crippen LogP contribution in [0.5, 0.6) is 0 Å². The van der Waals surface area contributed by atoms with E-state index in [1.54, 1.807) is 0 Å². The van der Waals surface area contributed by atoms with E-state index >= 15 is 0 Å². The summed E-state index contributed by atoms with van der Waals surface area (Å²) in [6.45, 7) is 12.0. The Bertz CT molecular complexity index is 385. The molecular formula is C15H28N4. The van der Waals surface area contributed by atoms with Gasteiger partial charge in [0.2, 0.25) is 0 Å². The Morgan fingerprint density at radius 1 is 1.42 bits per heavy atom. The fourth-order valence-corrected chi connectivity index (χ4v) is 2.94. The average Bonchev–Trinajstić information content (AvgIpc) is 2.77. The molecule has 4 heteroatoms. The van der Waals surface area contributed by atoms with Crippen molar-refractivity contribution in [3.63, 3.8) is 0 Å². The normalized spacial score (nSPS) is 20.9. The van der Waals surface area contributed by atoms with Gasteiger partial charge < -0.3 is 5.32 Å². The molecule has 1 aliphatic rings. The zero-order valence-corrected chi connectivity index (χ0v) is 12.7. The summed E-state index contributed by atoms with van der Waals surface area (Å²) in [6, 6.07) is 2.90. The molecule has 0 aromatic carbocycles. The highest BCUT2D eigenvalue weighted by Crippen LogP contribution is 2.14. The first kappa shape index (κ1) is 14.5. The van der Waals surface area contributed by atoms with Gasteiger partial charge in [-0.2, -0.15) is 5.10 Å². The van der Waals surface area contributed by atoms with Crippen LogP contribution in [0.15, 0.2) is 6.07 Å². The molecule has 1 atom stereocenters. The van der Waals surface area contributed by atoms with Gasteiger partial charge in [-0.15, -0.1) is 0 Å². The van der Waals surface area contributed by atoms with E-state index in [0.717, 1.165) is 25.3 Å². The minimum Gasteiger partial charge on any atom is -0.313 e. The number of hydrogen-bond acceptors (Lipinski definition) is 3. The predicted molar refractivity (Wildman–Crippen MR) is 79.2 cm³/mol. The van der Waals surface area contributed by atoms with Gasteiger partial charge in [0.15, 0.2) is 0 Å².